The highest BCUT2D eigenvalue weighted by molar-refractivity contribution is 7.91. The zero-order chi connectivity index (χ0) is 27.5. The molecule has 37 heavy (non-hydrogen) atoms. The van der Waals surface area contributed by atoms with Crippen LogP contribution in [-0.2, 0) is 22.7 Å². The topological polar surface area (TPSA) is 123 Å². The molecule has 2 N–H and O–H groups in total. The van der Waals surface area contributed by atoms with Crippen LogP contribution in [-0.4, -0.2) is 64.2 Å². The quantitative estimate of drug-likeness (QED) is 0.452. The summed E-state index contributed by atoms with van der Waals surface area (Å²) in [6, 6.07) is 1.48. The first-order valence-electron chi connectivity index (χ1n) is 12.1. The second kappa shape index (κ2) is 11.6. The molecule has 3 rings (SSSR count). The van der Waals surface area contributed by atoms with Gasteiger partial charge in [0.05, 0.1) is 10.9 Å². The summed E-state index contributed by atoms with van der Waals surface area (Å²) in [5, 5.41) is 12.8. The molecule has 1 fully saturated rings. The van der Waals surface area contributed by atoms with Gasteiger partial charge >= 0.3 is 6.61 Å². The lowest BCUT2D eigenvalue weighted by Gasteiger charge is -2.35. The van der Waals surface area contributed by atoms with E-state index >= 15 is 0 Å². The standard InChI is InChI=1S/C24H33ClF2N4O5S/c1-5-18-30-19(22(32)29-13-24(33)8-6-16(7-9-24)37(4,34)35)20(25)31(18)21-17(36-23(26)27)11-15(12-28-21)10-14(2)3/h11-12,14,16,23,33H,5-10,13H2,1-4H3,(H,29,32). The number of nitrogens with zero attached hydrogens (tertiary/aromatic N) is 3. The van der Waals surface area contributed by atoms with Gasteiger partial charge in [-0.2, -0.15) is 8.78 Å². The van der Waals surface area contributed by atoms with Crippen molar-refractivity contribution in [3.05, 3.63) is 34.5 Å². The van der Waals surface area contributed by atoms with E-state index in [1.807, 2.05) is 13.8 Å². The van der Waals surface area contributed by atoms with E-state index in [0.717, 1.165) is 0 Å². The minimum atomic E-state index is -3.20. The minimum Gasteiger partial charge on any atom is -0.431 e. The third-order valence-electron chi connectivity index (χ3n) is 6.43. The van der Waals surface area contributed by atoms with Crippen LogP contribution < -0.4 is 10.1 Å². The molecule has 0 aromatic carbocycles. The number of halogens is 3. The maximum absolute atomic E-state index is 13.2. The fourth-order valence-electron chi connectivity index (χ4n) is 4.51. The molecule has 1 aliphatic carbocycles. The number of amides is 1. The number of pyridine rings is 1. The lowest BCUT2D eigenvalue weighted by Crippen LogP contribution is -2.47. The van der Waals surface area contributed by atoms with Crippen molar-refractivity contribution < 1.29 is 31.8 Å². The van der Waals surface area contributed by atoms with E-state index in [0.29, 0.717) is 37.1 Å². The summed E-state index contributed by atoms with van der Waals surface area (Å²) >= 11 is 6.52. The molecule has 2 heterocycles. The lowest BCUT2D eigenvalue weighted by atomic mass is 9.84. The number of ether oxygens (including phenoxy) is 1. The van der Waals surface area contributed by atoms with Crippen molar-refractivity contribution in [2.75, 3.05) is 12.8 Å². The van der Waals surface area contributed by atoms with Crippen molar-refractivity contribution in [3.8, 4) is 11.6 Å². The van der Waals surface area contributed by atoms with Crippen LogP contribution in [0.15, 0.2) is 12.3 Å². The third-order valence-corrected chi connectivity index (χ3v) is 8.46. The number of sulfone groups is 1. The molecule has 0 unspecified atom stereocenters. The van der Waals surface area contributed by atoms with Crippen LogP contribution >= 0.6 is 11.6 Å². The number of rotatable bonds is 10. The van der Waals surface area contributed by atoms with Crippen LogP contribution in [0, 0.1) is 5.92 Å². The Morgan fingerprint density at radius 2 is 2.00 bits per heavy atom. The zero-order valence-corrected chi connectivity index (χ0v) is 22.9. The molecule has 1 amide bonds. The summed E-state index contributed by atoms with van der Waals surface area (Å²) in [6.45, 7) is 2.53. The fraction of sp³-hybridized carbons (Fsp3) is 0.625. The van der Waals surface area contributed by atoms with Gasteiger partial charge in [-0.1, -0.05) is 32.4 Å². The van der Waals surface area contributed by atoms with Crippen LogP contribution in [0.25, 0.3) is 5.82 Å². The van der Waals surface area contributed by atoms with E-state index in [2.05, 4.69) is 15.3 Å². The number of aryl methyl sites for hydroxylation is 1. The Morgan fingerprint density at radius 1 is 1.35 bits per heavy atom. The van der Waals surface area contributed by atoms with E-state index in [-0.39, 0.29) is 47.7 Å². The molecule has 0 bridgehead atoms. The second-order valence-corrected chi connectivity index (χ2v) is 12.6. The first kappa shape index (κ1) is 29.2. The molecule has 206 valence electrons. The maximum Gasteiger partial charge on any atom is 0.387 e. The SMILES string of the molecule is CCc1nc(C(=O)NCC2(O)CCC(S(C)(=O)=O)CC2)c(Cl)n1-c1ncc(CC(C)C)cc1OC(F)F. The van der Waals surface area contributed by atoms with Gasteiger partial charge in [-0.25, -0.2) is 18.4 Å². The Bertz CT molecular complexity index is 1230. The van der Waals surface area contributed by atoms with Crippen molar-refractivity contribution in [1.29, 1.82) is 0 Å². The Morgan fingerprint density at radius 3 is 2.54 bits per heavy atom. The molecule has 0 atom stereocenters. The minimum absolute atomic E-state index is 0.0149. The van der Waals surface area contributed by atoms with Crippen LogP contribution in [0.4, 0.5) is 8.78 Å². The van der Waals surface area contributed by atoms with E-state index in [4.69, 9.17) is 16.3 Å². The molecular weight excluding hydrogens is 530 g/mol. The highest BCUT2D eigenvalue weighted by atomic mass is 35.5. The number of aliphatic hydroxyl groups is 1. The first-order valence-corrected chi connectivity index (χ1v) is 14.5. The van der Waals surface area contributed by atoms with Gasteiger partial charge in [-0.3, -0.25) is 9.36 Å². The summed E-state index contributed by atoms with van der Waals surface area (Å²) in [5.41, 5.74) is -0.700. The molecule has 0 aliphatic heterocycles. The largest absolute Gasteiger partial charge is 0.431 e. The van der Waals surface area contributed by atoms with Gasteiger partial charge in [-0.05, 0) is 49.7 Å². The molecule has 2 aromatic rings. The van der Waals surface area contributed by atoms with Crippen LogP contribution in [0.2, 0.25) is 5.15 Å². The van der Waals surface area contributed by atoms with Crippen molar-refractivity contribution in [2.45, 2.75) is 76.8 Å². The predicted molar refractivity (Wildman–Crippen MR) is 135 cm³/mol. The zero-order valence-electron chi connectivity index (χ0n) is 21.3. The smallest absolute Gasteiger partial charge is 0.387 e. The summed E-state index contributed by atoms with van der Waals surface area (Å²) < 4.78 is 56.0. The number of imidazole rings is 1. The summed E-state index contributed by atoms with van der Waals surface area (Å²) in [5.74, 6) is -0.290. The molecule has 0 saturated heterocycles. The fourth-order valence-corrected chi connectivity index (χ4v) is 5.91. The number of hydrogen-bond donors (Lipinski definition) is 2. The van der Waals surface area contributed by atoms with Crippen molar-refractivity contribution >= 4 is 27.3 Å². The molecule has 13 heteroatoms. The highest BCUT2D eigenvalue weighted by Crippen LogP contribution is 2.33. The maximum atomic E-state index is 13.2. The van der Waals surface area contributed by atoms with Crippen molar-refractivity contribution in [2.24, 2.45) is 5.92 Å². The monoisotopic (exact) mass is 562 g/mol. The van der Waals surface area contributed by atoms with E-state index in [9.17, 15) is 27.1 Å². The highest BCUT2D eigenvalue weighted by Gasteiger charge is 2.37. The Balaban J connectivity index is 1.85. The Kier molecular flexibility index (Phi) is 9.18. The first-order chi connectivity index (χ1) is 17.2. The lowest BCUT2D eigenvalue weighted by molar-refractivity contribution is -0.0501. The van der Waals surface area contributed by atoms with Gasteiger partial charge in [0.15, 0.2) is 17.3 Å². The van der Waals surface area contributed by atoms with Gasteiger partial charge in [0.1, 0.15) is 20.8 Å². The van der Waals surface area contributed by atoms with Gasteiger partial charge in [0.25, 0.3) is 5.91 Å². The number of carbonyl (C=O) groups excluding carboxylic acids is 1. The normalized spacial score (nSPS) is 20.4. The van der Waals surface area contributed by atoms with E-state index in [1.54, 1.807) is 13.1 Å². The summed E-state index contributed by atoms with van der Waals surface area (Å²) in [6.07, 6.45) is 4.67. The van der Waals surface area contributed by atoms with Crippen molar-refractivity contribution in [1.82, 2.24) is 19.9 Å². The van der Waals surface area contributed by atoms with Gasteiger partial charge in [-0.15, -0.1) is 0 Å². The van der Waals surface area contributed by atoms with Crippen LogP contribution in [0.5, 0.6) is 5.75 Å². The number of carbonyl (C=O) groups is 1. The predicted octanol–water partition coefficient (Wildman–Crippen LogP) is 3.73. The number of aromatic nitrogens is 3. The van der Waals surface area contributed by atoms with Gasteiger partial charge < -0.3 is 15.2 Å². The second-order valence-electron chi connectivity index (χ2n) is 9.93. The van der Waals surface area contributed by atoms with Crippen molar-refractivity contribution in [3.63, 3.8) is 0 Å². The van der Waals surface area contributed by atoms with E-state index in [1.165, 1.54) is 16.9 Å². The number of alkyl halides is 2. The third kappa shape index (κ3) is 7.17. The molecule has 2 aromatic heterocycles. The van der Waals surface area contributed by atoms with Crippen LogP contribution in [0.1, 0.15) is 68.3 Å². The average Bonchev–Trinajstić information content (AvgIpc) is 3.13. The van der Waals surface area contributed by atoms with Crippen LogP contribution in [0.3, 0.4) is 0 Å². The summed E-state index contributed by atoms with van der Waals surface area (Å²) in [7, 11) is -3.20. The molecule has 1 saturated carbocycles. The Hall–Kier alpha value is -2.31. The number of nitrogens with one attached hydrogen (secondary N) is 1. The summed E-state index contributed by atoms with van der Waals surface area (Å²) in [4.78, 5) is 21.6. The molecule has 1 aliphatic rings. The number of hydrogen-bond acceptors (Lipinski definition) is 7. The van der Waals surface area contributed by atoms with Gasteiger partial charge in [0, 0.05) is 25.4 Å². The molecule has 0 radical (unpaired) electrons. The van der Waals surface area contributed by atoms with Gasteiger partial charge in [0.2, 0.25) is 0 Å². The molecular formula is C24H33ClF2N4O5S. The van der Waals surface area contributed by atoms with E-state index < -0.39 is 33.2 Å². The average molecular weight is 563 g/mol. The molecule has 9 nitrogen and oxygen atoms in total. The Labute approximate surface area is 220 Å². The molecule has 0 spiro atoms.